The highest BCUT2D eigenvalue weighted by Crippen LogP contribution is 2.41. The van der Waals surface area contributed by atoms with E-state index in [0.29, 0.717) is 10.8 Å². The quantitative estimate of drug-likeness (QED) is 0.616. The van der Waals surface area contributed by atoms with Gasteiger partial charge in [-0.3, -0.25) is 0 Å². The number of piperazine rings is 1. The number of ether oxygens (including phenoxy) is 1. The van der Waals surface area contributed by atoms with Crippen LogP contribution in [0.2, 0.25) is 0 Å². The Morgan fingerprint density at radius 3 is 2.46 bits per heavy atom. The van der Waals surface area contributed by atoms with E-state index in [1.54, 1.807) is 7.11 Å². The zero-order valence-corrected chi connectivity index (χ0v) is 17.2. The first kappa shape index (κ1) is 18.7. The summed E-state index contributed by atoms with van der Waals surface area (Å²) in [5, 5.41) is 1.72. The molecule has 1 aliphatic rings. The van der Waals surface area contributed by atoms with E-state index in [-0.39, 0.29) is 0 Å². The number of fused-ring (bicyclic) bond motifs is 1. The van der Waals surface area contributed by atoms with Gasteiger partial charge in [-0.15, -0.1) is 11.3 Å². The van der Waals surface area contributed by atoms with Crippen LogP contribution >= 0.6 is 11.3 Å². The Labute approximate surface area is 169 Å². The van der Waals surface area contributed by atoms with Crippen molar-refractivity contribution in [3.8, 4) is 17.1 Å². The maximum Gasteiger partial charge on any atom is 0.246 e. The van der Waals surface area contributed by atoms with Crippen LogP contribution in [0.1, 0.15) is 12.5 Å². The second kappa shape index (κ2) is 7.74. The van der Waals surface area contributed by atoms with Crippen LogP contribution in [0.25, 0.3) is 26.4 Å². The van der Waals surface area contributed by atoms with Gasteiger partial charge >= 0.3 is 0 Å². The largest absolute Gasteiger partial charge is 0.497 e. The molecule has 0 saturated carbocycles. The fourth-order valence-electron chi connectivity index (χ4n) is 3.59. The molecule has 1 aliphatic heterocycles. The Balaban J connectivity index is 1.83. The molecule has 0 radical (unpaired) electrons. The van der Waals surface area contributed by atoms with E-state index < -0.39 is 0 Å². The highest BCUT2D eigenvalue weighted by Gasteiger charge is 2.23. The molecule has 3 heterocycles. The van der Waals surface area contributed by atoms with Crippen molar-refractivity contribution in [2.75, 3.05) is 44.7 Å². The normalized spacial score (nSPS) is 15.0. The Bertz CT molecular complexity index is 1030. The second-order valence-electron chi connectivity index (χ2n) is 6.84. The lowest BCUT2D eigenvalue weighted by Gasteiger charge is -2.35. The minimum atomic E-state index is 0.695. The molecule has 4 rings (SSSR count). The number of nitrogens with zero attached hydrogens (tertiary/aromatic N) is 5. The summed E-state index contributed by atoms with van der Waals surface area (Å²) >= 11 is 1.46. The molecule has 6 nitrogen and oxygen atoms in total. The first-order valence-corrected chi connectivity index (χ1v) is 10.3. The van der Waals surface area contributed by atoms with Gasteiger partial charge in [0, 0.05) is 37.1 Å². The van der Waals surface area contributed by atoms with E-state index in [1.807, 2.05) is 31.2 Å². The average Bonchev–Trinajstić information content (AvgIpc) is 3.09. The zero-order valence-electron chi connectivity index (χ0n) is 16.4. The van der Waals surface area contributed by atoms with Gasteiger partial charge in [0.1, 0.15) is 16.4 Å². The molecule has 28 heavy (non-hydrogen) atoms. The van der Waals surface area contributed by atoms with Gasteiger partial charge < -0.3 is 14.5 Å². The SMILES string of the molecule is [C-]#[N+]c1sc2nc(-c3ccc(OC)cc3)nc(N3CCN(CC)CC3)c2c1C. The Hall–Kier alpha value is -2.69. The molecular weight excluding hydrogens is 370 g/mol. The van der Waals surface area contributed by atoms with Crippen LogP contribution in [-0.4, -0.2) is 54.7 Å². The van der Waals surface area contributed by atoms with Crippen LogP contribution in [0.3, 0.4) is 0 Å². The standard InChI is InChI=1S/C21H23N5OS/c1-5-25-10-12-26(13-11-25)19-17-14(2)20(22-3)28-21(17)24-18(23-19)15-6-8-16(27-4)9-7-15/h6-9H,5,10-13H2,1-2,4H3. The molecule has 0 unspecified atom stereocenters. The van der Waals surface area contributed by atoms with Gasteiger partial charge in [0.05, 0.1) is 13.7 Å². The van der Waals surface area contributed by atoms with Gasteiger partial charge in [-0.1, -0.05) is 6.92 Å². The third-order valence-corrected chi connectivity index (χ3v) is 6.39. The number of hydrogen-bond acceptors (Lipinski definition) is 6. The van der Waals surface area contributed by atoms with Gasteiger partial charge in [0.2, 0.25) is 5.00 Å². The summed E-state index contributed by atoms with van der Waals surface area (Å²) in [7, 11) is 1.66. The van der Waals surface area contributed by atoms with Crippen LogP contribution in [0.4, 0.5) is 10.8 Å². The Morgan fingerprint density at radius 1 is 1.14 bits per heavy atom. The predicted molar refractivity (Wildman–Crippen MR) is 115 cm³/mol. The zero-order chi connectivity index (χ0) is 19.7. The van der Waals surface area contributed by atoms with E-state index in [4.69, 9.17) is 21.3 Å². The van der Waals surface area contributed by atoms with Crippen molar-refractivity contribution >= 4 is 32.4 Å². The van der Waals surface area contributed by atoms with E-state index >= 15 is 0 Å². The number of aromatic nitrogens is 2. The minimum Gasteiger partial charge on any atom is -0.497 e. The number of thiophene rings is 1. The third-order valence-electron chi connectivity index (χ3n) is 5.31. The third kappa shape index (κ3) is 3.30. The van der Waals surface area contributed by atoms with Crippen molar-refractivity contribution in [2.45, 2.75) is 13.8 Å². The lowest BCUT2D eigenvalue weighted by atomic mass is 10.1. The van der Waals surface area contributed by atoms with Gasteiger partial charge in [0.15, 0.2) is 5.82 Å². The molecular formula is C21H23N5OS. The molecule has 7 heteroatoms. The molecule has 1 aromatic carbocycles. The summed E-state index contributed by atoms with van der Waals surface area (Å²) in [6, 6.07) is 7.81. The summed E-state index contributed by atoms with van der Waals surface area (Å²) in [5.41, 5.74) is 1.94. The Kier molecular flexibility index (Phi) is 5.16. The topological polar surface area (TPSA) is 45.9 Å². The molecule has 0 N–H and O–H groups in total. The summed E-state index contributed by atoms with van der Waals surface area (Å²) < 4.78 is 5.26. The summed E-state index contributed by atoms with van der Waals surface area (Å²) in [4.78, 5) is 19.2. The van der Waals surface area contributed by atoms with E-state index in [9.17, 15) is 0 Å². The summed E-state index contributed by atoms with van der Waals surface area (Å²) in [6.07, 6.45) is 0. The van der Waals surface area contributed by atoms with E-state index in [2.05, 4.69) is 21.6 Å². The van der Waals surface area contributed by atoms with E-state index in [1.165, 1.54) is 11.3 Å². The highest BCUT2D eigenvalue weighted by atomic mass is 32.1. The van der Waals surface area contributed by atoms with Gasteiger partial charge in [-0.2, -0.15) is 0 Å². The van der Waals surface area contributed by atoms with Crippen LogP contribution in [0.15, 0.2) is 24.3 Å². The van der Waals surface area contributed by atoms with Crippen molar-refractivity contribution in [2.24, 2.45) is 0 Å². The van der Waals surface area contributed by atoms with Crippen molar-refractivity contribution in [1.29, 1.82) is 0 Å². The fraction of sp³-hybridized carbons (Fsp3) is 0.381. The van der Waals surface area contributed by atoms with Crippen molar-refractivity contribution in [1.82, 2.24) is 14.9 Å². The van der Waals surface area contributed by atoms with Gasteiger partial charge in [0.25, 0.3) is 0 Å². The molecule has 1 saturated heterocycles. The van der Waals surface area contributed by atoms with Gasteiger partial charge in [-0.05, 0) is 43.3 Å². The molecule has 0 atom stereocenters. The van der Waals surface area contributed by atoms with Crippen molar-refractivity contribution in [3.63, 3.8) is 0 Å². The maximum atomic E-state index is 7.50. The first-order chi connectivity index (χ1) is 13.6. The summed E-state index contributed by atoms with van der Waals surface area (Å²) in [5.74, 6) is 2.46. The lowest BCUT2D eigenvalue weighted by molar-refractivity contribution is 0.271. The number of anilines is 1. The highest BCUT2D eigenvalue weighted by molar-refractivity contribution is 7.22. The van der Waals surface area contributed by atoms with Gasteiger partial charge in [-0.25, -0.2) is 14.8 Å². The molecule has 144 valence electrons. The lowest BCUT2D eigenvalue weighted by Crippen LogP contribution is -2.46. The average molecular weight is 394 g/mol. The number of methoxy groups -OCH3 is 1. The predicted octanol–water partition coefficient (Wildman–Crippen LogP) is 4.37. The van der Waals surface area contributed by atoms with Crippen LogP contribution in [-0.2, 0) is 0 Å². The molecule has 1 fully saturated rings. The number of rotatable bonds is 4. The molecule has 0 spiro atoms. The second-order valence-corrected chi connectivity index (χ2v) is 7.82. The number of hydrogen-bond donors (Lipinski definition) is 0. The van der Waals surface area contributed by atoms with Crippen molar-refractivity contribution in [3.05, 3.63) is 41.2 Å². The molecule has 3 aromatic rings. The molecule has 0 bridgehead atoms. The van der Waals surface area contributed by atoms with Crippen LogP contribution in [0.5, 0.6) is 5.75 Å². The maximum absolute atomic E-state index is 7.50. The van der Waals surface area contributed by atoms with Crippen LogP contribution < -0.4 is 9.64 Å². The number of aryl methyl sites for hydroxylation is 1. The first-order valence-electron chi connectivity index (χ1n) is 9.45. The smallest absolute Gasteiger partial charge is 0.246 e. The monoisotopic (exact) mass is 393 g/mol. The summed E-state index contributed by atoms with van der Waals surface area (Å²) in [6.45, 7) is 16.7. The molecule has 0 aliphatic carbocycles. The molecule has 2 aromatic heterocycles. The van der Waals surface area contributed by atoms with E-state index in [0.717, 1.165) is 65.6 Å². The Morgan fingerprint density at radius 2 is 1.86 bits per heavy atom. The minimum absolute atomic E-state index is 0.695. The fourth-order valence-corrected chi connectivity index (χ4v) is 4.55. The van der Waals surface area contributed by atoms with Crippen LogP contribution in [0, 0.1) is 13.5 Å². The number of benzene rings is 1. The number of likely N-dealkylation sites (N-methyl/N-ethyl adjacent to an activating group) is 1. The van der Waals surface area contributed by atoms with Crippen molar-refractivity contribution < 1.29 is 4.74 Å². The molecule has 0 amide bonds.